The van der Waals surface area contributed by atoms with E-state index in [0.717, 1.165) is 5.56 Å². The van der Waals surface area contributed by atoms with Crippen LogP contribution in [-0.4, -0.2) is 73.0 Å². The number of nitrogens with zero attached hydrogens (tertiary/aromatic N) is 6. The molecule has 15 nitrogen and oxygen atoms in total. The van der Waals surface area contributed by atoms with Crippen LogP contribution >= 0.6 is 38.1 Å². The van der Waals surface area contributed by atoms with E-state index in [2.05, 4.69) is 44.4 Å². The van der Waals surface area contributed by atoms with Gasteiger partial charge in [-0.1, -0.05) is 24.5 Å². The lowest BCUT2D eigenvalue weighted by atomic mass is 9.63. The van der Waals surface area contributed by atoms with Crippen LogP contribution in [0.4, 0.5) is 4.39 Å². The van der Waals surface area contributed by atoms with Gasteiger partial charge < -0.3 is 19.5 Å². The molecule has 2 saturated heterocycles. The summed E-state index contributed by atoms with van der Waals surface area (Å²) in [6, 6.07) is 3.33. The van der Waals surface area contributed by atoms with Crippen LogP contribution in [0.3, 0.4) is 0 Å². The minimum atomic E-state index is -4.15. The van der Waals surface area contributed by atoms with E-state index in [-0.39, 0.29) is 36.7 Å². The number of carbonyl (C=O) groups excluding carboxylic acids is 1. The maximum absolute atomic E-state index is 16.1. The lowest BCUT2D eigenvalue weighted by Crippen LogP contribution is -2.40. The molecule has 3 aliphatic rings. The third kappa shape index (κ3) is 5.60. The first-order valence-corrected chi connectivity index (χ1v) is 18.9. The van der Waals surface area contributed by atoms with Crippen LogP contribution in [0.25, 0.3) is 16.8 Å². The van der Waals surface area contributed by atoms with E-state index in [1.165, 1.54) is 23.4 Å². The van der Waals surface area contributed by atoms with Crippen LogP contribution in [0.5, 0.6) is 0 Å². The van der Waals surface area contributed by atoms with Crippen molar-refractivity contribution in [2.24, 2.45) is 17.6 Å². The van der Waals surface area contributed by atoms with Gasteiger partial charge in [0.2, 0.25) is 0 Å². The number of thiol groups is 2. The predicted octanol–water partition coefficient (Wildman–Crippen LogP) is 3.75. The maximum Gasteiger partial charge on any atom is 0.386 e. The molecule has 6 heterocycles. The normalized spacial score (nSPS) is 36.5. The van der Waals surface area contributed by atoms with Gasteiger partial charge in [0.25, 0.3) is 5.91 Å². The molecule has 0 aromatic carbocycles. The highest BCUT2D eigenvalue weighted by atomic mass is 32.7. The third-order valence-corrected chi connectivity index (χ3v) is 11.4. The predicted molar refractivity (Wildman–Crippen MR) is 158 cm³/mol. The van der Waals surface area contributed by atoms with Gasteiger partial charge in [0.15, 0.2) is 29.2 Å². The molecule has 4 aromatic heterocycles. The summed E-state index contributed by atoms with van der Waals surface area (Å²) in [5.41, 5.74) is 7.48. The first kappa shape index (κ1) is 30.3. The van der Waals surface area contributed by atoms with E-state index in [1.54, 1.807) is 28.9 Å². The number of alkyl halides is 1. The fourth-order valence-corrected chi connectivity index (χ4v) is 8.62. The number of hydrogen-bond donors (Lipinski definition) is 3. The van der Waals surface area contributed by atoms with Crippen LogP contribution in [0.1, 0.15) is 34.6 Å². The summed E-state index contributed by atoms with van der Waals surface area (Å²) in [5.74, 6) is -1.36. The number of nitrogens with two attached hydrogens (primary N) is 1. The van der Waals surface area contributed by atoms with Crippen molar-refractivity contribution in [1.82, 2.24) is 28.9 Å². The lowest BCUT2D eigenvalue weighted by Gasteiger charge is -2.45. The Kier molecular flexibility index (Phi) is 7.87. The second-order valence-electron chi connectivity index (χ2n) is 10.7. The Bertz CT molecular complexity index is 1850. The molecule has 234 valence electrons. The van der Waals surface area contributed by atoms with Crippen molar-refractivity contribution in [3.63, 3.8) is 0 Å². The largest absolute Gasteiger partial charge is 0.386 e. The third-order valence-electron chi connectivity index (χ3n) is 8.18. The summed E-state index contributed by atoms with van der Waals surface area (Å²) in [6.45, 7) is -8.76. The van der Waals surface area contributed by atoms with Gasteiger partial charge in [-0.2, -0.15) is 0 Å². The molecule has 2 aliphatic heterocycles. The zero-order valence-electron chi connectivity index (χ0n) is 22.6. The molecule has 1 unspecified atom stereocenters. The summed E-state index contributed by atoms with van der Waals surface area (Å²) in [5, 5.41) is 0. The van der Waals surface area contributed by atoms with Crippen molar-refractivity contribution >= 4 is 60.8 Å². The summed E-state index contributed by atoms with van der Waals surface area (Å²) >= 11 is 8.25. The number of amides is 1. The van der Waals surface area contributed by atoms with Crippen molar-refractivity contribution in [3.8, 4) is 0 Å². The number of pyridine rings is 1. The fourth-order valence-electron chi connectivity index (χ4n) is 5.92. The Hall–Kier alpha value is -2.40. The molecule has 9 atom stereocenters. The van der Waals surface area contributed by atoms with E-state index < -0.39 is 50.7 Å². The van der Waals surface area contributed by atoms with Crippen molar-refractivity contribution in [2.45, 2.75) is 36.9 Å². The van der Waals surface area contributed by atoms with Gasteiger partial charge in [0.05, 0.1) is 26.1 Å². The highest BCUT2D eigenvalue weighted by Crippen LogP contribution is 2.61. The first-order valence-electron chi connectivity index (χ1n) is 13.5. The van der Waals surface area contributed by atoms with Crippen molar-refractivity contribution < 1.29 is 41.1 Å². The van der Waals surface area contributed by atoms with Gasteiger partial charge in [0.1, 0.15) is 24.2 Å². The summed E-state index contributed by atoms with van der Waals surface area (Å²) in [7, 11) is 0. The number of carbonyl (C=O) groups is 1. The van der Waals surface area contributed by atoms with E-state index in [0.29, 0.717) is 23.2 Å². The molecule has 7 rings (SSSR count). The molecular formula is C24H26FN7O8P2S2. The van der Waals surface area contributed by atoms with E-state index >= 15 is 4.39 Å². The van der Waals surface area contributed by atoms with Crippen LogP contribution in [0.15, 0.2) is 43.4 Å². The number of imidazole rings is 2. The lowest BCUT2D eigenvalue weighted by molar-refractivity contribution is -0.0407. The number of ether oxygens (including phenoxy) is 1. The quantitative estimate of drug-likeness (QED) is 0.210. The van der Waals surface area contributed by atoms with E-state index in [4.69, 9.17) is 28.6 Å². The average molecular weight is 686 g/mol. The Morgan fingerprint density at radius 3 is 2.61 bits per heavy atom. The maximum atomic E-state index is 16.1. The Balaban J connectivity index is 1.13. The summed E-state index contributed by atoms with van der Waals surface area (Å²) in [4.78, 5) is 28.6. The smallest absolute Gasteiger partial charge is 0.364 e. The molecule has 0 spiro atoms. The minimum Gasteiger partial charge on any atom is -0.364 e. The topological polar surface area (TPSA) is 184 Å². The minimum absolute atomic E-state index is 0.0658. The van der Waals surface area contributed by atoms with E-state index in [1.807, 2.05) is 0 Å². The van der Waals surface area contributed by atoms with Crippen LogP contribution in [-0.2, 0) is 32.0 Å². The number of rotatable bonds is 3. The Morgan fingerprint density at radius 2 is 1.80 bits per heavy atom. The molecular weight excluding hydrogens is 659 g/mol. The highest BCUT2D eigenvalue weighted by Gasteiger charge is 2.52. The van der Waals surface area contributed by atoms with Crippen molar-refractivity contribution in [3.05, 3.63) is 54.6 Å². The summed E-state index contributed by atoms with van der Waals surface area (Å²) in [6.07, 6.45) is 2.19. The second-order valence-corrected chi connectivity index (χ2v) is 16.5. The Labute approximate surface area is 259 Å². The van der Waals surface area contributed by atoms with Gasteiger partial charge in [-0.05, 0) is 41.9 Å². The zero-order chi connectivity index (χ0) is 30.8. The molecule has 1 aliphatic carbocycles. The molecule has 20 heteroatoms. The molecule has 0 radical (unpaired) electrons. The van der Waals surface area contributed by atoms with Gasteiger partial charge in [-0.3, -0.25) is 27.8 Å². The molecule has 3 fully saturated rings. The number of aromatic nitrogens is 6. The van der Waals surface area contributed by atoms with Gasteiger partial charge in [-0.25, -0.2) is 28.5 Å². The highest BCUT2D eigenvalue weighted by molar-refractivity contribution is 8.44. The second kappa shape index (κ2) is 11.4. The number of primary amides is 1. The number of halogens is 1. The van der Waals surface area contributed by atoms with Crippen molar-refractivity contribution in [2.75, 3.05) is 19.8 Å². The van der Waals surface area contributed by atoms with Crippen molar-refractivity contribution in [1.29, 1.82) is 0 Å². The standard InChI is InChI=1S/C24H26FN7O8P2S2/c25-18-20-17(39-24(18)32-11-29-19-22-28-3-4-31(22)10-30-23(19)32)9-38-41(34,43)37-8-15-13(7-36-42(35,44)40-20)5-14(15)12-1-2-27-16(6-12)21(26)33/h1-4,6,10-11,13-15,17-18,20,24H,5,7-9H2,(H2,26,33)(H,34,43)(H,35,44)/t13-,14+,15?,17-,18-,20-,24-,41-,42+/m1/s1. The SMILES string of the molecule is NC(=O)c1cc([C@@H]2C[C@@H]3CO[P@](=O)(S)O[C@H]4[C@@H](F)[C@H](n5cnc6c5ncn5ccnc65)O[C@@H]4CO[P@](=O)(S)OCC32)ccn1. The monoisotopic (exact) mass is 685 g/mol. The molecule has 44 heavy (non-hydrogen) atoms. The molecule has 4 aromatic rings. The molecule has 1 amide bonds. The number of fused-ring (bicyclic) bond motifs is 5. The summed E-state index contributed by atoms with van der Waals surface area (Å²) < 4.78 is 74.2. The van der Waals surface area contributed by atoms with Crippen LogP contribution in [0.2, 0.25) is 0 Å². The molecule has 1 saturated carbocycles. The van der Waals surface area contributed by atoms with Gasteiger partial charge in [-0.15, -0.1) is 0 Å². The van der Waals surface area contributed by atoms with Gasteiger partial charge >= 0.3 is 13.6 Å². The average Bonchev–Trinajstić information content (AvgIpc) is 3.68. The zero-order valence-corrected chi connectivity index (χ0v) is 26.2. The molecule has 0 bridgehead atoms. The van der Waals surface area contributed by atoms with E-state index in [9.17, 15) is 13.9 Å². The van der Waals surface area contributed by atoms with Gasteiger partial charge in [0, 0.05) is 18.6 Å². The Morgan fingerprint density at radius 1 is 1.00 bits per heavy atom. The fraction of sp³-hybridized carbons (Fsp3) is 0.458. The first-order chi connectivity index (χ1) is 21.0. The number of hydrogen-bond acceptors (Lipinski definition) is 12. The van der Waals surface area contributed by atoms with Crippen LogP contribution < -0.4 is 5.73 Å². The molecule has 2 N–H and O–H groups in total. The van der Waals surface area contributed by atoms with Crippen LogP contribution in [0, 0.1) is 11.8 Å².